The maximum Gasteiger partial charge on any atom is 0.310 e. The molecule has 0 bridgehead atoms. The van der Waals surface area contributed by atoms with Crippen LogP contribution in [0.25, 0.3) is 11.4 Å². The van der Waals surface area contributed by atoms with Crippen LogP contribution in [-0.4, -0.2) is 63.8 Å². The third-order valence-electron chi connectivity index (χ3n) is 10.4. The fraction of sp³-hybridized carbons (Fsp3) is 0.452. The highest BCUT2D eigenvalue weighted by Gasteiger charge is 2.39. The molecule has 2 aliphatic rings. The van der Waals surface area contributed by atoms with Crippen LogP contribution in [0.15, 0.2) is 73.1 Å². The summed E-state index contributed by atoms with van der Waals surface area (Å²) in [5.41, 5.74) is 5.71. The number of piperidine rings is 1. The fourth-order valence-electron chi connectivity index (χ4n) is 6.97. The first kappa shape index (κ1) is 36.4. The average molecular weight is 707 g/mol. The number of carbonyl (C=O) groups is 3. The summed E-state index contributed by atoms with van der Waals surface area (Å²) in [4.78, 5) is 53.5. The summed E-state index contributed by atoms with van der Waals surface area (Å²) in [6.07, 6.45) is 6.45. The number of ketones is 1. The molecule has 0 aliphatic carbocycles. The molecule has 0 unspecified atom stereocenters. The molecule has 0 saturated carbocycles. The Morgan fingerprint density at radius 3 is 2.02 bits per heavy atom. The predicted octanol–water partition coefficient (Wildman–Crippen LogP) is 8.16. The van der Waals surface area contributed by atoms with Gasteiger partial charge in [-0.2, -0.15) is 0 Å². The Morgan fingerprint density at radius 1 is 0.843 bits per heavy atom. The summed E-state index contributed by atoms with van der Waals surface area (Å²) < 4.78 is 0. The van der Waals surface area contributed by atoms with Gasteiger partial charge < -0.3 is 14.9 Å². The lowest BCUT2D eigenvalue weighted by molar-refractivity contribution is -0.154. The minimum atomic E-state index is -0.895. The number of rotatable bonds is 10. The summed E-state index contributed by atoms with van der Waals surface area (Å²) in [5.74, 6) is -1.06. The van der Waals surface area contributed by atoms with E-state index in [1.807, 2.05) is 48.8 Å². The van der Waals surface area contributed by atoms with E-state index in [4.69, 9.17) is 9.97 Å². The van der Waals surface area contributed by atoms with Crippen LogP contribution in [0.2, 0.25) is 0 Å². The molecule has 51 heavy (non-hydrogen) atoms. The maximum absolute atomic E-state index is 13.6. The molecule has 4 aromatic rings. The quantitative estimate of drug-likeness (QED) is 0.166. The van der Waals surface area contributed by atoms with Gasteiger partial charge in [-0.15, -0.1) is 11.3 Å². The summed E-state index contributed by atoms with van der Waals surface area (Å²) >= 11 is 1.48. The highest BCUT2D eigenvalue weighted by molar-refractivity contribution is 7.14. The molecule has 4 heterocycles. The van der Waals surface area contributed by atoms with Crippen molar-refractivity contribution in [1.29, 1.82) is 0 Å². The molecule has 2 aromatic heterocycles. The van der Waals surface area contributed by atoms with Crippen molar-refractivity contribution in [2.75, 3.05) is 31.1 Å². The van der Waals surface area contributed by atoms with E-state index in [9.17, 15) is 19.5 Å². The van der Waals surface area contributed by atoms with Crippen molar-refractivity contribution in [3.8, 4) is 11.4 Å². The minimum Gasteiger partial charge on any atom is -0.481 e. The first-order valence-electron chi connectivity index (χ1n) is 18.1. The van der Waals surface area contributed by atoms with Gasteiger partial charge in [0.25, 0.3) is 0 Å². The van der Waals surface area contributed by atoms with Gasteiger partial charge >= 0.3 is 5.97 Å². The lowest BCUT2D eigenvalue weighted by atomic mass is 9.84. The van der Waals surface area contributed by atoms with Crippen LogP contribution in [-0.2, 0) is 26.8 Å². The van der Waals surface area contributed by atoms with E-state index in [0.717, 1.165) is 47.6 Å². The summed E-state index contributed by atoms with van der Waals surface area (Å²) in [6, 6.07) is 20.9. The molecule has 8 nitrogen and oxygen atoms in total. The van der Waals surface area contributed by atoms with Crippen molar-refractivity contribution in [3.63, 3.8) is 0 Å². The van der Waals surface area contributed by atoms with Gasteiger partial charge in [-0.3, -0.25) is 14.4 Å². The molecular weight excluding hydrogens is 657 g/mol. The highest BCUT2D eigenvalue weighted by Crippen LogP contribution is 2.34. The van der Waals surface area contributed by atoms with Crippen LogP contribution in [0, 0.1) is 11.8 Å². The van der Waals surface area contributed by atoms with E-state index >= 15 is 0 Å². The molecule has 2 aromatic carbocycles. The van der Waals surface area contributed by atoms with Crippen LogP contribution >= 0.6 is 11.3 Å². The number of Topliss-reactive ketones (excluding diaryl/α,β-unsaturated/α-hetero) is 1. The standard InChI is InChI=1S/C42H50N4O4S/c1-41(2,3)33-13-11-28(12-14-33)29-17-19-45(20-18-29)34-23-43-38(44-24-34)30-9-7-27(8-10-30)21-31(39(48)46-25-32(26-46)40(49)50)22-35(47)36-15-16-37(51-36)42(4,5)6/h7-16,23-24,29,31-32H,17-22,25-26H2,1-6H3,(H,49,50)/t31-/m1/s1. The van der Waals surface area contributed by atoms with Crippen molar-refractivity contribution in [1.82, 2.24) is 14.9 Å². The number of thiophene rings is 1. The van der Waals surface area contributed by atoms with E-state index in [-0.39, 0.29) is 42.0 Å². The zero-order valence-corrected chi connectivity index (χ0v) is 31.5. The normalized spacial score (nSPS) is 16.5. The van der Waals surface area contributed by atoms with Crippen LogP contribution in [0.4, 0.5) is 5.69 Å². The van der Waals surface area contributed by atoms with Crippen molar-refractivity contribution in [2.24, 2.45) is 11.8 Å². The molecule has 2 aliphatic heterocycles. The monoisotopic (exact) mass is 706 g/mol. The SMILES string of the molecule is CC(C)(C)c1ccc(C2CCN(c3cnc(-c4ccc(C[C@H](CC(=O)c5ccc(C(C)(C)C)s5)C(=O)N5CC(C(=O)O)C5)cc4)nc3)CC2)cc1. The Morgan fingerprint density at radius 2 is 1.47 bits per heavy atom. The topological polar surface area (TPSA) is 104 Å². The second-order valence-electron chi connectivity index (χ2n) is 16.3. The number of likely N-dealkylation sites (tertiary alicyclic amines) is 1. The maximum atomic E-state index is 13.6. The number of hydrogen-bond donors (Lipinski definition) is 1. The molecule has 6 rings (SSSR count). The molecule has 9 heteroatoms. The fourth-order valence-corrected chi connectivity index (χ4v) is 7.98. The van der Waals surface area contributed by atoms with E-state index < -0.39 is 17.8 Å². The molecule has 2 saturated heterocycles. The predicted molar refractivity (Wildman–Crippen MR) is 204 cm³/mol. The number of carbonyl (C=O) groups excluding carboxylic acids is 2. The Hall–Kier alpha value is -4.37. The number of hydrogen-bond acceptors (Lipinski definition) is 7. The van der Waals surface area contributed by atoms with E-state index in [2.05, 4.69) is 70.7 Å². The molecule has 1 N–H and O–H groups in total. The van der Waals surface area contributed by atoms with Crippen LogP contribution in [0.1, 0.15) is 98.0 Å². The number of aliphatic carboxylic acids is 1. The van der Waals surface area contributed by atoms with Crippen LogP contribution in [0.3, 0.4) is 0 Å². The van der Waals surface area contributed by atoms with Crippen molar-refractivity contribution in [3.05, 3.63) is 99.5 Å². The van der Waals surface area contributed by atoms with Gasteiger partial charge in [0.15, 0.2) is 11.6 Å². The van der Waals surface area contributed by atoms with Gasteiger partial charge in [0.2, 0.25) is 5.91 Å². The third kappa shape index (κ3) is 8.58. The smallest absolute Gasteiger partial charge is 0.310 e. The molecule has 1 amide bonds. The average Bonchev–Trinajstić information content (AvgIpc) is 3.59. The van der Waals surface area contributed by atoms with E-state index in [0.29, 0.717) is 23.0 Å². The number of aromatic nitrogens is 2. The van der Waals surface area contributed by atoms with Crippen molar-refractivity contribution >= 4 is 34.7 Å². The van der Waals surface area contributed by atoms with Crippen LogP contribution in [0.5, 0.6) is 0 Å². The first-order chi connectivity index (χ1) is 24.2. The van der Waals surface area contributed by atoms with Gasteiger partial charge in [0.1, 0.15) is 0 Å². The van der Waals surface area contributed by atoms with Crippen molar-refractivity contribution in [2.45, 2.75) is 84.0 Å². The number of carboxylic acid groups (broad SMARTS) is 1. The Labute approximate surface area is 305 Å². The molecule has 1 atom stereocenters. The molecule has 0 radical (unpaired) electrons. The lowest BCUT2D eigenvalue weighted by Gasteiger charge is -2.38. The lowest BCUT2D eigenvalue weighted by Crippen LogP contribution is -2.55. The highest BCUT2D eigenvalue weighted by atomic mass is 32.1. The molecule has 0 spiro atoms. The van der Waals surface area contributed by atoms with E-state index in [1.165, 1.54) is 22.5 Å². The molecule has 2 fully saturated rings. The zero-order chi connectivity index (χ0) is 36.5. The second-order valence-corrected chi connectivity index (χ2v) is 17.4. The second kappa shape index (κ2) is 14.7. The summed E-state index contributed by atoms with van der Waals surface area (Å²) in [7, 11) is 0. The number of benzene rings is 2. The number of nitrogens with zero attached hydrogens (tertiary/aromatic N) is 4. The van der Waals surface area contributed by atoms with Gasteiger partial charge in [-0.05, 0) is 64.8 Å². The Bertz CT molecular complexity index is 1840. The van der Waals surface area contributed by atoms with E-state index in [1.54, 1.807) is 4.90 Å². The largest absolute Gasteiger partial charge is 0.481 e. The first-order valence-corrected chi connectivity index (χ1v) is 18.9. The van der Waals surface area contributed by atoms with Gasteiger partial charge in [0.05, 0.1) is 28.9 Å². The van der Waals surface area contributed by atoms with Crippen LogP contribution < -0.4 is 4.90 Å². The minimum absolute atomic E-state index is 0.0618. The Balaban J connectivity index is 1.08. The number of anilines is 1. The third-order valence-corrected chi connectivity index (χ3v) is 11.9. The number of carboxylic acids is 1. The molecule has 268 valence electrons. The summed E-state index contributed by atoms with van der Waals surface area (Å²) in [6.45, 7) is 15.4. The van der Waals surface area contributed by atoms with Gasteiger partial charge in [-0.25, -0.2) is 9.97 Å². The number of amides is 1. The zero-order valence-electron chi connectivity index (χ0n) is 30.7. The van der Waals surface area contributed by atoms with Gasteiger partial charge in [-0.1, -0.05) is 90.1 Å². The summed E-state index contributed by atoms with van der Waals surface area (Å²) in [5, 5.41) is 9.34. The van der Waals surface area contributed by atoms with Gasteiger partial charge in [0, 0.05) is 49.0 Å². The molecular formula is C42H50N4O4S. The van der Waals surface area contributed by atoms with Crippen molar-refractivity contribution < 1.29 is 19.5 Å². The Kier molecular flexibility index (Phi) is 10.5.